The molecule has 1 aliphatic rings. The van der Waals surface area contributed by atoms with Crippen LogP contribution >= 0.6 is 0 Å². The van der Waals surface area contributed by atoms with Gasteiger partial charge in [0.1, 0.15) is 5.82 Å². The summed E-state index contributed by atoms with van der Waals surface area (Å²) in [7, 11) is 1.80. The van der Waals surface area contributed by atoms with E-state index in [0.717, 1.165) is 45.4 Å². The van der Waals surface area contributed by atoms with Gasteiger partial charge in [-0.05, 0) is 43.5 Å². The first-order valence-corrected chi connectivity index (χ1v) is 8.56. The van der Waals surface area contributed by atoms with E-state index in [1.54, 1.807) is 17.7 Å². The Morgan fingerprint density at radius 3 is 2.70 bits per heavy atom. The number of rotatable bonds is 5. The highest BCUT2D eigenvalue weighted by Gasteiger charge is 2.20. The maximum Gasteiger partial charge on any atom is 0.250 e. The number of hydrogen-bond acceptors (Lipinski definition) is 3. The van der Waals surface area contributed by atoms with Crippen LogP contribution in [0.15, 0.2) is 35.5 Å². The van der Waals surface area contributed by atoms with Gasteiger partial charge in [0.15, 0.2) is 0 Å². The second-order valence-corrected chi connectivity index (χ2v) is 6.42. The van der Waals surface area contributed by atoms with Gasteiger partial charge >= 0.3 is 0 Å². The van der Waals surface area contributed by atoms with E-state index < -0.39 is 0 Å². The lowest BCUT2D eigenvalue weighted by Crippen LogP contribution is -2.35. The molecule has 3 rings (SSSR count). The van der Waals surface area contributed by atoms with Gasteiger partial charge in [0.2, 0.25) is 0 Å². The molecule has 0 bridgehead atoms. The van der Waals surface area contributed by atoms with Gasteiger partial charge in [0.25, 0.3) is 5.56 Å². The number of hydrogen-bond donors (Lipinski definition) is 0. The average molecular weight is 314 g/mol. The monoisotopic (exact) mass is 314 g/mol. The Morgan fingerprint density at radius 1 is 1.22 bits per heavy atom. The van der Waals surface area contributed by atoms with Crippen LogP contribution < -0.4 is 5.56 Å². The molecule has 0 saturated carbocycles. The quantitative estimate of drug-likeness (QED) is 0.848. The summed E-state index contributed by atoms with van der Waals surface area (Å²) < 4.78 is 3.89. The summed E-state index contributed by atoms with van der Waals surface area (Å²) in [5.41, 5.74) is 1.30. The van der Waals surface area contributed by atoms with E-state index in [4.69, 9.17) is 0 Å². The van der Waals surface area contributed by atoms with Crippen LogP contribution in [0.2, 0.25) is 0 Å². The van der Waals surface area contributed by atoms with Crippen LogP contribution in [0.1, 0.15) is 37.1 Å². The van der Waals surface area contributed by atoms with E-state index in [9.17, 15) is 4.79 Å². The molecule has 1 fully saturated rings. The van der Waals surface area contributed by atoms with Crippen LogP contribution in [0.4, 0.5) is 0 Å². The van der Waals surface area contributed by atoms with Crippen LogP contribution in [0.25, 0.3) is 0 Å². The van der Waals surface area contributed by atoms with Crippen LogP contribution in [-0.2, 0) is 20.0 Å². The molecule has 0 unspecified atom stereocenters. The number of aryl methyl sites for hydroxylation is 2. The highest BCUT2D eigenvalue weighted by molar-refractivity contribution is 5.17. The molecular weight excluding hydrogens is 288 g/mol. The number of pyridine rings is 1. The molecule has 5 nitrogen and oxygen atoms in total. The lowest BCUT2D eigenvalue weighted by atomic mass is 9.90. The second-order valence-electron chi connectivity index (χ2n) is 6.42. The zero-order valence-corrected chi connectivity index (χ0v) is 14.1. The third kappa shape index (κ3) is 3.72. The minimum absolute atomic E-state index is 0.0946. The summed E-state index contributed by atoms with van der Waals surface area (Å²) in [6.45, 7) is 6.45. The molecule has 3 heterocycles. The van der Waals surface area contributed by atoms with Crippen LogP contribution in [0.3, 0.4) is 0 Å². The lowest BCUT2D eigenvalue weighted by molar-refractivity contribution is 0.204. The first-order chi connectivity index (χ1) is 11.2. The molecule has 0 atom stereocenters. The molecule has 0 aliphatic carbocycles. The van der Waals surface area contributed by atoms with Crippen molar-refractivity contribution >= 4 is 0 Å². The van der Waals surface area contributed by atoms with Gasteiger partial charge in [-0.1, -0.05) is 6.92 Å². The Bertz CT molecular complexity index is 695. The van der Waals surface area contributed by atoms with Crippen molar-refractivity contribution in [2.75, 3.05) is 19.6 Å². The van der Waals surface area contributed by atoms with Crippen molar-refractivity contribution < 1.29 is 0 Å². The molecule has 5 heteroatoms. The largest absolute Gasteiger partial charge is 0.334 e. The molecule has 0 amide bonds. The fraction of sp³-hybridized carbons (Fsp3) is 0.556. The van der Waals surface area contributed by atoms with Gasteiger partial charge in [0.05, 0.1) is 0 Å². The zero-order valence-electron chi connectivity index (χ0n) is 14.1. The Labute approximate surface area is 137 Å². The van der Waals surface area contributed by atoms with Crippen molar-refractivity contribution in [3.05, 3.63) is 52.5 Å². The van der Waals surface area contributed by atoms with Crippen LogP contribution in [-0.4, -0.2) is 38.7 Å². The third-order valence-electron chi connectivity index (χ3n) is 4.96. The van der Waals surface area contributed by atoms with E-state index in [0.29, 0.717) is 5.92 Å². The highest BCUT2D eigenvalue weighted by atomic mass is 16.1. The Balaban J connectivity index is 1.52. The summed E-state index contributed by atoms with van der Waals surface area (Å²) in [4.78, 5) is 18.7. The number of piperidine rings is 1. The smallest absolute Gasteiger partial charge is 0.250 e. The highest BCUT2D eigenvalue weighted by Crippen LogP contribution is 2.26. The maximum absolute atomic E-state index is 11.8. The van der Waals surface area contributed by atoms with Gasteiger partial charge in [0, 0.05) is 51.2 Å². The van der Waals surface area contributed by atoms with Crippen molar-refractivity contribution in [3.8, 4) is 0 Å². The normalized spacial score (nSPS) is 16.8. The predicted octanol–water partition coefficient (Wildman–Crippen LogP) is 2.02. The van der Waals surface area contributed by atoms with E-state index >= 15 is 0 Å². The molecule has 1 saturated heterocycles. The molecule has 0 N–H and O–H groups in total. The fourth-order valence-electron chi connectivity index (χ4n) is 3.41. The number of aromatic nitrogens is 3. The third-order valence-corrected chi connectivity index (χ3v) is 4.96. The standard InChI is InChI=1S/C18H26N4O/c1-3-17-19-7-11-22(17)13-12-21-9-5-15(6-10-21)16-4-8-20(2)18(23)14-16/h4,7-8,11,14-15H,3,5-6,9-10,12-13H2,1-2H3. The Kier molecular flexibility index (Phi) is 4.96. The van der Waals surface area contributed by atoms with Gasteiger partial charge in [-0.25, -0.2) is 4.98 Å². The van der Waals surface area contributed by atoms with Crippen molar-refractivity contribution in [1.29, 1.82) is 0 Å². The summed E-state index contributed by atoms with van der Waals surface area (Å²) in [6.07, 6.45) is 9.11. The van der Waals surface area contributed by atoms with E-state index in [-0.39, 0.29) is 5.56 Å². The molecule has 23 heavy (non-hydrogen) atoms. The lowest BCUT2D eigenvalue weighted by Gasteiger charge is -2.32. The summed E-state index contributed by atoms with van der Waals surface area (Å²) >= 11 is 0. The summed E-state index contributed by atoms with van der Waals surface area (Å²) in [5, 5.41) is 0. The molecule has 0 aromatic carbocycles. The molecule has 2 aromatic heterocycles. The van der Waals surface area contributed by atoms with Gasteiger partial charge < -0.3 is 14.0 Å². The minimum Gasteiger partial charge on any atom is -0.334 e. The fourth-order valence-corrected chi connectivity index (χ4v) is 3.41. The van der Waals surface area contributed by atoms with Crippen molar-refractivity contribution in [1.82, 2.24) is 19.0 Å². The second kappa shape index (κ2) is 7.13. The zero-order chi connectivity index (χ0) is 16.2. The molecular formula is C18H26N4O. The first-order valence-electron chi connectivity index (χ1n) is 8.56. The summed E-state index contributed by atoms with van der Waals surface area (Å²) in [5.74, 6) is 1.69. The molecule has 124 valence electrons. The number of nitrogens with zero attached hydrogens (tertiary/aromatic N) is 4. The minimum atomic E-state index is 0.0946. The maximum atomic E-state index is 11.8. The summed E-state index contributed by atoms with van der Waals surface area (Å²) in [6, 6.07) is 3.90. The molecule has 2 aromatic rings. The predicted molar refractivity (Wildman–Crippen MR) is 91.7 cm³/mol. The van der Waals surface area contributed by atoms with Crippen molar-refractivity contribution in [3.63, 3.8) is 0 Å². The van der Waals surface area contributed by atoms with Crippen LogP contribution in [0.5, 0.6) is 0 Å². The average Bonchev–Trinajstić information content (AvgIpc) is 3.03. The molecule has 0 radical (unpaired) electrons. The Morgan fingerprint density at radius 2 is 2.00 bits per heavy atom. The number of likely N-dealkylation sites (tertiary alicyclic amines) is 1. The SMILES string of the molecule is CCc1nccn1CCN1CCC(c2ccn(C)c(=O)c2)CC1. The van der Waals surface area contributed by atoms with Crippen molar-refractivity contribution in [2.45, 2.75) is 38.6 Å². The molecule has 1 aliphatic heterocycles. The van der Waals surface area contributed by atoms with E-state index in [1.165, 1.54) is 11.4 Å². The van der Waals surface area contributed by atoms with Gasteiger partial charge in [-0.3, -0.25) is 4.79 Å². The van der Waals surface area contributed by atoms with E-state index in [2.05, 4.69) is 33.6 Å². The number of imidazole rings is 1. The van der Waals surface area contributed by atoms with Gasteiger partial charge in [-0.2, -0.15) is 0 Å². The van der Waals surface area contributed by atoms with E-state index in [1.807, 2.05) is 12.4 Å². The van der Waals surface area contributed by atoms with Crippen molar-refractivity contribution in [2.24, 2.45) is 7.05 Å². The Hall–Kier alpha value is -1.88. The van der Waals surface area contributed by atoms with Gasteiger partial charge in [-0.15, -0.1) is 0 Å². The molecule has 0 spiro atoms. The van der Waals surface area contributed by atoms with Crippen LogP contribution in [0, 0.1) is 0 Å². The first kappa shape index (κ1) is 16.0. The topological polar surface area (TPSA) is 43.1 Å².